The van der Waals surface area contributed by atoms with E-state index in [9.17, 15) is 0 Å². The Balaban J connectivity index is 2.93. The number of nitrogens with one attached hydrogen (secondary N) is 1. The zero-order valence-electron chi connectivity index (χ0n) is 10.3. The molecule has 1 aromatic rings. The molecule has 2 heteroatoms. The normalized spacial score (nSPS) is 13.7. The molecule has 0 saturated carbocycles. The summed E-state index contributed by atoms with van der Waals surface area (Å²) < 4.78 is 5.15. The van der Waals surface area contributed by atoms with Gasteiger partial charge < -0.3 is 10.1 Å². The Bertz CT molecular complexity index is 297. The van der Waals surface area contributed by atoms with E-state index < -0.39 is 0 Å². The molecule has 15 heavy (non-hydrogen) atoms. The fourth-order valence-electron chi connectivity index (χ4n) is 1.90. The van der Waals surface area contributed by atoms with Crippen molar-refractivity contribution in [2.75, 3.05) is 14.2 Å². The second-order valence-electron chi connectivity index (χ2n) is 4.86. The highest BCUT2D eigenvalue weighted by atomic mass is 16.5. The third kappa shape index (κ3) is 2.96. The molecule has 0 heterocycles. The van der Waals surface area contributed by atoms with Crippen molar-refractivity contribution >= 4 is 0 Å². The number of benzene rings is 1. The van der Waals surface area contributed by atoms with E-state index in [1.54, 1.807) is 7.11 Å². The van der Waals surface area contributed by atoms with Crippen molar-refractivity contribution in [3.63, 3.8) is 0 Å². The van der Waals surface area contributed by atoms with Crippen molar-refractivity contribution in [2.45, 2.75) is 26.8 Å². The van der Waals surface area contributed by atoms with Crippen molar-refractivity contribution in [1.82, 2.24) is 5.32 Å². The van der Waals surface area contributed by atoms with Crippen LogP contribution in [0.15, 0.2) is 24.3 Å². The van der Waals surface area contributed by atoms with Crippen molar-refractivity contribution in [2.24, 2.45) is 5.41 Å². The highest BCUT2D eigenvalue weighted by Gasteiger charge is 2.24. The van der Waals surface area contributed by atoms with Crippen LogP contribution in [0, 0.1) is 5.41 Å². The van der Waals surface area contributed by atoms with Crippen LogP contribution in [0.1, 0.15) is 32.4 Å². The van der Waals surface area contributed by atoms with Gasteiger partial charge in [-0.1, -0.05) is 32.9 Å². The van der Waals surface area contributed by atoms with Gasteiger partial charge in [0.25, 0.3) is 0 Å². The van der Waals surface area contributed by atoms with Crippen molar-refractivity contribution in [1.29, 1.82) is 0 Å². The van der Waals surface area contributed by atoms with E-state index >= 15 is 0 Å². The monoisotopic (exact) mass is 207 g/mol. The molecule has 0 fully saturated rings. The lowest BCUT2D eigenvalue weighted by Gasteiger charge is -2.30. The second-order valence-corrected chi connectivity index (χ2v) is 4.86. The number of hydrogen-bond acceptors (Lipinski definition) is 2. The van der Waals surface area contributed by atoms with Gasteiger partial charge in [-0.3, -0.25) is 0 Å². The van der Waals surface area contributed by atoms with E-state index in [0.29, 0.717) is 6.04 Å². The molecule has 0 amide bonds. The van der Waals surface area contributed by atoms with Crippen LogP contribution in [0.25, 0.3) is 0 Å². The van der Waals surface area contributed by atoms with E-state index in [2.05, 4.69) is 38.2 Å². The van der Waals surface area contributed by atoms with E-state index in [1.165, 1.54) is 5.56 Å². The van der Waals surface area contributed by atoms with E-state index in [4.69, 9.17) is 4.74 Å². The fourth-order valence-corrected chi connectivity index (χ4v) is 1.90. The molecule has 0 aliphatic rings. The van der Waals surface area contributed by atoms with Crippen LogP contribution >= 0.6 is 0 Å². The van der Waals surface area contributed by atoms with Gasteiger partial charge in [0, 0.05) is 6.04 Å². The predicted octanol–water partition coefficient (Wildman–Crippen LogP) is 3.00. The van der Waals surface area contributed by atoms with Gasteiger partial charge in [-0.2, -0.15) is 0 Å². The zero-order chi connectivity index (χ0) is 11.5. The van der Waals surface area contributed by atoms with Crippen LogP contribution in [0.4, 0.5) is 0 Å². The smallest absolute Gasteiger partial charge is 0.118 e. The molecule has 1 N–H and O–H groups in total. The third-order valence-electron chi connectivity index (χ3n) is 2.60. The number of hydrogen-bond donors (Lipinski definition) is 1. The van der Waals surface area contributed by atoms with Crippen LogP contribution < -0.4 is 10.1 Å². The molecular weight excluding hydrogens is 186 g/mol. The molecule has 1 unspecified atom stereocenters. The van der Waals surface area contributed by atoms with Crippen LogP contribution in [0.3, 0.4) is 0 Å². The summed E-state index contributed by atoms with van der Waals surface area (Å²) in [6.45, 7) is 6.70. The molecule has 0 radical (unpaired) electrons. The van der Waals surface area contributed by atoms with Crippen LogP contribution in [0.5, 0.6) is 5.75 Å². The summed E-state index contributed by atoms with van der Waals surface area (Å²) in [5.41, 5.74) is 1.51. The summed E-state index contributed by atoms with van der Waals surface area (Å²) >= 11 is 0. The fraction of sp³-hybridized carbons (Fsp3) is 0.538. The maximum absolute atomic E-state index is 5.15. The first kappa shape index (κ1) is 12.1. The Morgan fingerprint density at radius 1 is 1.13 bits per heavy atom. The standard InChI is InChI=1S/C13H21NO/c1-13(2,3)12(14-4)10-6-8-11(15-5)9-7-10/h6-9,12,14H,1-5H3. The Kier molecular flexibility index (Phi) is 3.75. The maximum Gasteiger partial charge on any atom is 0.118 e. The quantitative estimate of drug-likeness (QED) is 0.822. The number of rotatable bonds is 3. The van der Waals surface area contributed by atoms with Crippen LogP contribution in [-0.4, -0.2) is 14.2 Å². The summed E-state index contributed by atoms with van der Waals surface area (Å²) in [6, 6.07) is 8.61. The van der Waals surface area contributed by atoms with Gasteiger partial charge in [-0.15, -0.1) is 0 Å². The van der Waals surface area contributed by atoms with Gasteiger partial charge in [0.05, 0.1) is 7.11 Å². The van der Waals surface area contributed by atoms with Crippen molar-refractivity contribution in [3.8, 4) is 5.75 Å². The van der Waals surface area contributed by atoms with Crippen molar-refractivity contribution in [3.05, 3.63) is 29.8 Å². The van der Waals surface area contributed by atoms with Gasteiger partial charge in [0.15, 0.2) is 0 Å². The molecule has 0 saturated heterocycles. The molecular formula is C13H21NO. The van der Waals surface area contributed by atoms with Crippen LogP contribution in [-0.2, 0) is 0 Å². The molecule has 0 aliphatic carbocycles. The van der Waals surface area contributed by atoms with Crippen LogP contribution in [0.2, 0.25) is 0 Å². The highest BCUT2D eigenvalue weighted by molar-refractivity contribution is 5.29. The third-order valence-corrected chi connectivity index (χ3v) is 2.60. The van der Waals surface area contributed by atoms with Gasteiger partial charge >= 0.3 is 0 Å². The van der Waals surface area contributed by atoms with Gasteiger partial charge in [-0.05, 0) is 30.2 Å². The van der Waals surface area contributed by atoms with Crippen molar-refractivity contribution < 1.29 is 4.74 Å². The van der Waals surface area contributed by atoms with Gasteiger partial charge in [-0.25, -0.2) is 0 Å². The largest absolute Gasteiger partial charge is 0.497 e. The number of methoxy groups -OCH3 is 1. The first-order valence-corrected chi connectivity index (χ1v) is 5.30. The minimum absolute atomic E-state index is 0.212. The average Bonchev–Trinajstić information content (AvgIpc) is 2.18. The number of ether oxygens (including phenoxy) is 1. The zero-order valence-corrected chi connectivity index (χ0v) is 10.3. The average molecular weight is 207 g/mol. The molecule has 0 spiro atoms. The molecule has 2 nitrogen and oxygen atoms in total. The Morgan fingerprint density at radius 2 is 1.67 bits per heavy atom. The first-order chi connectivity index (χ1) is 6.99. The Morgan fingerprint density at radius 3 is 2.00 bits per heavy atom. The highest BCUT2D eigenvalue weighted by Crippen LogP contribution is 2.32. The Hall–Kier alpha value is -1.02. The molecule has 1 rings (SSSR count). The molecule has 0 aliphatic heterocycles. The maximum atomic E-state index is 5.15. The summed E-state index contributed by atoms with van der Waals surface area (Å²) in [5, 5.41) is 3.35. The topological polar surface area (TPSA) is 21.3 Å². The SMILES string of the molecule is CNC(c1ccc(OC)cc1)C(C)(C)C. The van der Waals surface area contributed by atoms with Gasteiger partial charge in [0.2, 0.25) is 0 Å². The minimum atomic E-state index is 0.212. The van der Waals surface area contributed by atoms with Gasteiger partial charge in [0.1, 0.15) is 5.75 Å². The molecule has 84 valence electrons. The lowest BCUT2D eigenvalue weighted by molar-refractivity contribution is 0.287. The summed E-state index contributed by atoms with van der Waals surface area (Å²) in [5.74, 6) is 0.905. The van der Waals surface area contributed by atoms with E-state index in [0.717, 1.165) is 5.75 Å². The lowest BCUT2D eigenvalue weighted by Crippen LogP contribution is -2.29. The predicted molar refractivity (Wildman–Crippen MR) is 64.2 cm³/mol. The molecule has 0 bridgehead atoms. The lowest BCUT2D eigenvalue weighted by atomic mass is 9.82. The minimum Gasteiger partial charge on any atom is -0.497 e. The molecule has 0 aromatic heterocycles. The van der Waals surface area contributed by atoms with E-state index in [1.807, 2.05) is 19.2 Å². The second kappa shape index (κ2) is 4.67. The summed E-state index contributed by atoms with van der Waals surface area (Å²) in [6.07, 6.45) is 0. The van der Waals surface area contributed by atoms with E-state index in [-0.39, 0.29) is 5.41 Å². The molecule has 1 aromatic carbocycles. The Labute approximate surface area is 92.6 Å². The first-order valence-electron chi connectivity index (χ1n) is 5.30. The molecule has 1 atom stereocenters. The summed E-state index contributed by atoms with van der Waals surface area (Å²) in [7, 11) is 3.69. The summed E-state index contributed by atoms with van der Waals surface area (Å²) in [4.78, 5) is 0.